The minimum absolute atomic E-state index is 0.0154. The van der Waals surface area contributed by atoms with Crippen LogP contribution in [0, 0.1) is 6.92 Å². The van der Waals surface area contributed by atoms with Gasteiger partial charge in [-0.05, 0) is 25.5 Å². The number of aromatic amines is 1. The highest BCUT2D eigenvalue weighted by atomic mass is 16.3. The summed E-state index contributed by atoms with van der Waals surface area (Å²) in [6.07, 6.45) is 3.32. The van der Waals surface area contributed by atoms with Gasteiger partial charge in [0.2, 0.25) is 0 Å². The first-order valence-electron chi connectivity index (χ1n) is 5.68. The van der Waals surface area contributed by atoms with Gasteiger partial charge in [0.25, 0.3) is 5.91 Å². The number of phenolic OH excluding ortho intramolecular Hbond substituents is 1. The molecule has 1 aromatic carbocycles. The maximum absolute atomic E-state index is 12.0. The Bertz CT molecular complexity index is 549. The first-order valence-corrected chi connectivity index (χ1v) is 5.68. The first-order chi connectivity index (χ1) is 8.59. The molecule has 3 N–H and O–H groups in total. The van der Waals surface area contributed by atoms with Gasteiger partial charge >= 0.3 is 0 Å². The average molecular weight is 245 g/mol. The van der Waals surface area contributed by atoms with E-state index in [0.717, 1.165) is 0 Å². The van der Waals surface area contributed by atoms with Crippen LogP contribution in [-0.2, 0) is 0 Å². The molecule has 2 aromatic rings. The van der Waals surface area contributed by atoms with Crippen LogP contribution in [0.5, 0.6) is 5.75 Å². The van der Waals surface area contributed by atoms with Crippen LogP contribution in [0.4, 0.5) is 0 Å². The Morgan fingerprint density at radius 1 is 1.50 bits per heavy atom. The molecule has 1 aromatic heterocycles. The zero-order valence-corrected chi connectivity index (χ0v) is 10.3. The van der Waals surface area contributed by atoms with Crippen LogP contribution in [0.3, 0.4) is 0 Å². The molecule has 0 spiro atoms. The van der Waals surface area contributed by atoms with E-state index < -0.39 is 0 Å². The summed E-state index contributed by atoms with van der Waals surface area (Å²) < 4.78 is 0. The fourth-order valence-electron chi connectivity index (χ4n) is 1.70. The van der Waals surface area contributed by atoms with Crippen molar-refractivity contribution in [2.24, 2.45) is 0 Å². The van der Waals surface area contributed by atoms with E-state index in [1.54, 1.807) is 37.5 Å². The zero-order valence-electron chi connectivity index (χ0n) is 10.3. The van der Waals surface area contributed by atoms with Crippen molar-refractivity contribution in [3.8, 4) is 5.75 Å². The lowest BCUT2D eigenvalue weighted by atomic mass is 10.1. The van der Waals surface area contributed by atoms with Crippen molar-refractivity contribution in [1.29, 1.82) is 0 Å². The fourth-order valence-corrected chi connectivity index (χ4v) is 1.70. The normalized spacial score (nSPS) is 12.1. The van der Waals surface area contributed by atoms with Crippen LogP contribution in [0.2, 0.25) is 0 Å². The van der Waals surface area contributed by atoms with Crippen molar-refractivity contribution in [3.05, 3.63) is 47.5 Å². The fraction of sp³-hybridized carbons (Fsp3) is 0.231. The molecule has 0 aliphatic heterocycles. The molecule has 0 radical (unpaired) electrons. The maximum Gasteiger partial charge on any atom is 0.255 e. The number of imidazole rings is 1. The number of H-pyrrole nitrogens is 1. The molecule has 0 aliphatic rings. The van der Waals surface area contributed by atoms with Crippen molar-refractivity contribution in [3.63, 3.8) is 0 Å². The maximum atomic E-state index is 12.0. The lowest BCUT2D eigenvalue weighted by molar-refractivity contribution is 0.0935. The van der Waals surface area contributed by atoms with Gasteiger partial charge in [-0.25, -0.2) is 4.98 Å². The van der Waals surface area contributed by atoms with E-state index in [2.05, 4.69) is 15.3 Å². The Morgan fingerprint density at radius 2 is 2.28 bits per heavy atom. The van der Waals surface area contributed by atoms with E-state index >= 15 is 0 Å². The summed E-state index contributed by atoms with van der Waals surface area (Å²) >= 11 is 0. The van der Waals surface area contributed by atoms with Crippen molar-refractivity contribution < 1.29 is 9.90 Å². The van der Waals surface area contributed by atoms with Crippen LogP contribution in [0.25, 0.3) is 0 Å². The molecular weight excluding hydrogens is 230 g/mol. The highest BCUT2D eigenvalue weighted by Crippen LogP contribution is 2.21. The van der Waals surface area contributed by atoms with Crippen molar-refractivity contribution in [2.75, 3.05) is 0 Å². The van der Waals surface area contributed by atoms with Gasteiger partial charge in [0, 0.05) is 12.4 Å². The lowest BCUT2D eigenvalue weighted by Gasteiger charge is -2.12. The highest BCUT2D eigenvalue weighted by molar-refractivity contribution is 5.97. The smallest absolute Gasteiger partial charge is 0.255 e. The number of aromatic hydroxyl groups is 1. The van der Waals surface area contributed by atoms with Gasteiger partial charge < -0.3 is 15.4 Å². The number of hydrogen-bond donors (Lipinski definition) is 3. The van der Waals surface area contributed by atoms with Gasteiger partial charge in [-0.2, -0.15) is 0 Å². The Hall–Kier alpha value is -2.30. The molecule has 1 amide bonds. The molecule has 1 atom stereocenters. The van der Waals surface area contributed by atoms with Gasteiger partial charge in [0.1, 0.15) is 11.6 Å². The molecule has 94 valence electrons. The highest BCUT2D eigenvalue weighted by Gasteiger charge is 2.16. The Kier molecular flexibility index (Phi) is 3.32. The molecule has 0 saturated heterocycles. The van der Waals surface area contributed by atoms with Crippen molar-refractivity contribution in [1.82, 2.24) is 15.3 Å². The van der Waals surface area contributed by atoms with Crippen molar-refractivity contribution >= 4 is 5.91 Å². The number of nitrogens with zero attached hydrogens (tertiary/aromatic N) is 1. The summed E-state index contributed by atoms with van der Waals surface area (Å²) in [5.74, 6) is 0.372. The first kappa shape index (κ1) is 12.2. The number of aryl methyl sites for hydroxylation is 1. The number of para-hydroxylation sites is 1. The van der Waals surface area contributed by atoms with Crippen LogP contribution in [0.15, 0.2) is 30.6 Å². The third-order valence-corrected chi connectivity index (χ3v) is 2.76. The van der Waals surface area contributed by atoms with Crippen LogP contribution >= 0.6 is 0 Å². The Labute approximate surface area is 105 Å². The monoisotopic (exact) mass is 245 g/mol. The van der Waals surface area contributed by atoms with Gasteiger partial charge in [0.15, 0.2) is 0 Å². The summed E-state index contributed by atoms with van der Waals surface area (Å²) in [4.78, 5) is 19.0. The van der Waals surface area contributed by atoms with E-state index in [1.807, 2.05) is 6.92 Å². The van der Waals surface area contributed by atoms with E-state index in [9.17, 15) is 9.90 Å². The van der Waals surface area contributed by atoms with Crippen molar-refractivity contribution in [2.45, 2.75) is 19.9 Å². The Balaban J connectivity index is 2.15. The molecule has 0 bridgehead atoms. The summed E-state index contributed by atoms with van der Waals surface area (Å²) in [5, 5.41) is 12.6. The SMILES string of the molecule is Cc1cccc(C(=O)NC(C)c2ncc[nH]2)c1O. The molecule has 2 rings (SSSR count). The molecule has 0 saturated carbocycles. The number of carbonyl (C=O) groups excluding carboxylic acids is 1. The summed E-state index contributed by atoms with van der Waals surface area (Å²) in [5.41, 5.74) is 0.946. The van der Waals surface area contributed by atoms with E-state index in [0.29, 0.717) is 11.4 Å². The van der Waals surface area contributed by atoms with Crippen LogP contribution in [0.1, 0.15) is 34.7 Å². The van der Waals surface area contributed by atoms with Crippen LogP contribution in [-0.4, -0.2) is 21.0 Å². The molecular formula is C13H15N3O2. The molecule has 5 heteroatoms. The second-order valence-electron chi connectivity index (χ2n) is 4.14. The predicted molar refractivity (Wildman–Crippen MR) is 67.3 cm³/mol. The lowest BCUT2D eigenvalue weighted by Crippen LogP contribution is -2.27. The average Bonchev–Trinajstić information content (AvgIpc) is 2.86. The summed E-state index contributed by atoms with van der Waals surface area (Å²) in [6, 6.07) is 4.84. The number of carbonyl (C=O) groups is 1. The zero-order chi connectivity index (χ0) is 13.1. The third kappa shape index (κ3) is 2.34. The summed E-state index contributed by atoms with van der Waals surface area (Å²) in [7, 11) is 0. The number of hydrogen-bond acceptors (Lipinski definition) is 3. The second kappa shape index (κ2) is 4.91. The molecule has 5 nitrogen and oxygen atoms in total. The molecule has 0 aliphatic carbocycles. The quantitative estimate of drug-likeness (QED) is 0.773. The van der Waals surface area contributed by atoms with Gasteiger partial charge in [-0.3, -0.25) is 4.79 Å². The standard InChI is InChI=1S/C13H15N3O2/c1-8-4-3-5-10(11(8)17)13(18)16-9(2)12-14-6-7-15-12/h3-7,9,17H,1-2H3,(H,14,15)(H,16,18). The van der Waals surface area contributed by atoms with E-state index in [1.165, 1.54) is 0 Å². The number of aromatic nitrogens is 2. The number of benzene rings is 1. The van der Waals surface area contributed by atoms with E-state index in [4.69, 9.17) is 0 Å². The second-order valence-corrected chi connectivity index (χ2v) is 4.14. The Morgan fingerprint density at radius 3 is 2.94 bits per heavy atom. The summed E-state index contributed by atoms with van der Waals surface area (Å²) in [6.45, 7) is 3.58. The molecule has 0 fully saturated rings. The molecule has 1 unspecified atom stereocenters. The molecule has 1 heterocycles. The molecule has 18 heavy (non-hydrogen) atoms. The van der Waals surface area contributed by atoms with Gasteiger partial charge in [0.05, 0.1) is 11.6 Å². The number of rotatable bonds is 3. The predicted octanol–water partition coefficient (Wildman–Crippen LogP) is 1.91. The number of phenols is 1. The topological polar surface area (TPSA) is 78.0 Å². The number of amides is 1. The third-order valence-electron chi connectivity index (χ3n) is 2.76. The van der Waals surface area contributed by atoms with Gasteiger partial charge in [-0.1, -0.05) is 12.1 Å². The minimum atomic E-state index is -0.319. The van der Waals surface area contributed by atoms with E-state index in [-0.39, 0.29) is 23.3 Å². The van der Waals surface area contributed by atoms with Crippen LogP contribution < -0.4 is 5.32 Å². The van der Waals surface area contributed by atoms with Gasteiger partial charge in [-0.15, -0.1) is 0 Å². The number of nitrogens with one attached hydrogen (secondary N) is 2. The minimum Gasteiger partial charge on any atom is -0.507 e. The largest absolute Gasteiger partial charge is 0.507 e.